The van der Waals surface area contributed by atoms with E-state index in [-0.39, 0.29) is 11.9 Å². The molecule has 2 nitrogen and oxygen atoms in total. The molecule has 1 aliphatic rings. The first kappa shape index (κ1) is 14.4. The van der Waals surface area contributed by atoms with Gasteiger partial charge in [0.1, 0.15) is 11.6 Å². The fourth-order valence-corrected chi connectivity index (χ4v) is 2.88. The molecule has 1 heterocycles. The van der Waals surface area contributed by atoms with E-state index in [0.717, 1.165) is 24.3 Å². The van der Waals surface area contributed by atoms with Crippen LogP contribution in [0.4, 0.5) is 4.39 Å². The van der Waals surface area contributed by atoms with Crippen molar-refractivity contribution in [3.8, 4) is 5.75 Å². The molecule has 3 rings (SSSR count). The van der Waals surface area contributed by atoms with E-state index in [1.165, 1.54) is 11.6 Å². The van der Waals surface area contributed by atoms with E-state index in [2.05, 4.69) is 11.4 Å². The summed E-state index contributed by atoms with van der Waals surface area (Å²) in [6.07, 6.45) is 1.52. The lowest BCUT2D eigenvalue weighted by Gasteiger charge is -2.18. The molecular weight excluding hydrogens is 289 g/mol. The second-order valence-corrected chi connectivity index (χ2v) is 5.68. The molecule has 4 heteroatoms. The van der Waals surface area contributed by atoms with Crippen LogP contribution < -0.4 is 10.1 Å². The van der Waals surface area contributed by atoms with Crippen molar-refractivity contribution >= 4 is 11.6 Å². The molecule has 0 aromatic heterocycles. The van der Waals surface area contributed by atoms with Crippen molar-refractivity contribution in [2.24, 2.45) is 0 Å². The largest absolute Gasteiger partial charge is 0.493 e. The Hall–Kier alpha value is -1.58. The Labute approximate surface area is 128 Å². The van der Waals surface area contributed by atoms with E-state index in [1.54, 1.807) is 12.1 Å². The lowest BCUT2D eigenvalue weighted by molar-refractivity contribution is 0.356. The van der Waals surface area contributed by atoms with Gasteiger partial charge in [0, 0.05) is 17.5 Å². The van der Waals surface area contributed by atoms with E-state index in [4.69, 9.17) is 16.3 Å². The number of halogens is 2. The van der Waals surface area contributed by atoms with Gasteiger partial charge in [0.25, 0.3) is 0 Å². The molecule has 0 saturated carbocycles. The number of rotatable bonds is 4. The number of fused-ring (bicyclic) bond motifs is 1. The highest BCUT2D eigenvalue weighted by Crippen LogP contribution is 2.29. The molecule has 0 bridgehead atoms. The van der Waals surface area contributed by atoms with Crippen LogP contribution in [0.25, 0.3) is 0 Å². The standard InChI is InChI=1S/C17H17ClFNO/c1-20-16(9-11-2-4-14(18)10-15(11)19)12-3-5-17-13(8-12)6-7-21-17/h2-5,8,10,16,20H,6-7,9H2,1H3. The SMILES string of the molecule is CNC(Cc1ccc(Cl)cc1F)c1ccc2c(c1)CCO2. The van der Waals surface area contributed by atoms with Crippen LogP contribution in [0.3, 0.4) is 0 Å². The van der Waals surface area contributed by atoms with Gasteiger partial charge in [0.2, 0.25) is 0 Å². The van der Waals surface area contributed by atoms with Crippen molar-refractivity contribution in [3.05, 3.63) is 63.9 Å². The summed E-state index contributed by atoms with van der Waals surface area (Å²) in [6.45, 7) is 0.745. The van der Waals surface area contributed by atoms with Gasteiger partial charge in [-0.1, -0.05) is 29.8 Å². The molecule has 0 amide bonds. The Balaban J connectivity index is 1.85. The number of hydrogen-bond donors (Lipinski definition) is 1. The van der Waals surface area contributed by atoms with E-state index < -0.39 is 0 Å². The lowest BCUT2D eigenvalue weighted by atomic mass is 9.96. The number of hydrogen-bond acceptors (Lipinski definition) is 2. The van der Waals surface area contributed by atoms with Gasteiger partial charge in [-0.05, 0) is 48.4 Å². The smallest absolute Gasteiger partial charge is 0.127 e. The van der Waals surface area contributed by atoms with Crippen LogP contribution in [-0.4, -0.2) is 13.7 Å². The number of benzene rings is 2. The highest BCUT2D eigenvalue weighted by atomic mass is 35.5. The fraction of sp³-hybridized carbons (Fsp3) is 0.294. The maximum Gasteiger partial charge on any atom is 0.127 e. The van der Waals surface area contributed by atoms with Gasteiger partial charge in [-0.25, -0.2) is 4.39 Å². The van der Waals surface area contributed by atoms with Crippen LogP contribution in [-0.2, 0) is 12.8 Å². The number of ether oxygens (including phenoxy) is 1. The van der Waals surface area contributed by atoms with Crippen LogP contribution in [0.5, 0.6) is 5.75 Å². The zero-order valence-corrected chi connectivity index (χ0v) is 12.6. The maximum absolute atomic E-state index is 14.0. The second kappa shape index (κ2) is 6.04. The molecular formula is C17H17ClFNO. The molecule has 2 aromatic rings. The summed E-state index contributed by atoms with van der Waals surface area (Å²) >= 11 is 5.80. The third kappa shape index (κ3) is 3.04. The van der Waals surface area contributed by atoms with Gasteiger partial charge < -0.3 is 10.1 Å². The van der Waals surface area contributed by atoms with Gasteiger partial charge in [0.05, 0.1) is 6.61 Å². The summed E-state index contributed by atoms with van der Waals surface area (Å²) in [6, 6.07) is 11.1. The monoisotopic (exact) mass is 305 g/mol. The Morgan fingerprint density at radius 2 is 2.14 bits per heavy atom. The minimum Gasteiger partial charge on any atom is -0.493 e. The maximum atomic E-state index is 14.0. The average molecular weight is 306 g/mol. The highest BCUT2D eigenvalue weighted by molar-refractivity contribution is 6.30. The molecule has 0 saturated heterocycles. The predicted molar refractivity (Wildman–Crippen MR) is 82.6 cm³/mol. The predicted octanol–water partition coefficient (Wildman–Crippen LogP) is 3.92. The average Bonchev–Trinajstić information content (AvgIpc) is 2.94. The molecule has 0 aliphatic carbocycles. The first-order valence-electron chi connectivity index (χ1n) is 7.04. The minimum atomic E-state index is -0.257. The zero-order valence-electron chi connectivity index (χ0n) is 11.8. The topological polar surface area (TPSA) is 21.3 Å². The molecule has 1 atom stereocenters. The van der Waals surface area contributed by atoms with Gasteiger partial charge in [-0.15, -0.1) is 0 Å². The van der Waals surface area contributed by atoms with Crippen LogP contribution >= 0.6 is 11.6 Å². The Morgan fingerprint density at radius 3 is 2.90 bits per heavy atom. The molecule has 0 fully saturated rings. The molecule has 1 N–H and O–H groups in total. The van der Waals surface area contributed by atoms with Crippen molar-refractivity contribution in [1.29, 1.82) is 0 Å². The van der Waals surface area contributed by atoms with Crippen LogP contribution in [0.15, 0.2) is 36.4 Å². The number of likely N-dealkylation sites (N-methyl/N-ethyl adjacent to an activating group) is 1. The van der Waals surface area contributed by atoms with Crippen LogP contribution in [0.1, 0.15) is 22.7 Å². The second-order valence-electron chi connectivity index (χ2n) is 5.25. The summed E-state index contributed by atoms with van der Waals surface area (Å²) < 4.78 is 19.5. The van der Waals surface area contributed by atoms with Crippen molar-refractivity contribution < 1.29 is 9.13 Å². The molecule has 0 spiro atoms. The lowest BCUT2D eigenvalue weighted by Crippen LogP contribution is -2.19. The van der Waals surface area contributed by atoms with Crippen molar-refractivity contribution in [1.82, 2.24) is 5.32 Å². The van der Waals surface area contributed by atoms with E-state index in [9.17, 15) is 4.39 Å². The molecule has 1 unspecified atom stereocenters. The van der Waals surface area contributed by atoms with Gasteiger partial charge in [0.15, 0.2) is 0 Å². The summed E-state index contributed by atoms with van der Waals surface area (Å²) in [4.78, 5) is 0. The molecule has 110 valence electrons. The third-order valence-electron chi connectivity index (χ3n) is 3.90. The number of nitrogens with one attached hydrogen (secondary N) is 1. The first-order chi connectivity index (χ1) is 10.2. The summed E-state index contributed by atoms with van der Waals surface area (Å²) in [7, 11) is 1.89. The summed E-state index contributed by atoms with van der Waals surface area (Å²) in [5.41, 5.74) is 3.04. The minimum absolute atomic E-state index is 0.0616. The van der Waals surface area contributed by atoms with Crippen molar-refractivity contribution in [3.63, 3.8) is 0 Å². The first-order valence-corrected chi connectivity index (χ1v) is 7.42. The van der Waals surface area contributed by atoms with Gasteiger partial charge in [-0.2, -0.15) is 0 Å². The highest BCUT2D eigenvalue weighted by Gasteiger charge is 2.17. The molecule has 1 aliphatic heterocycles. The fourth-order valence-electron chi connectivity index (χ4n) is 2.72. The van der Waals surface area contributed by atoms with Gasteiger partial charge >= 0.3 is 0 Å². The Kier molecular flexibility index (Phi) is 4.13. The van der Waals surface area contributed by atoms with Crippen molar-refractivity contribution in [2.45, 2.75) is 18.9 Å². The zero-order chi connectivity index (χ0) is 14.8. The van der Waals surface area contributed by atoms with Crippen LogP contribution in [0, 0.1) is 5.82 Å². The Morgan fingerprint density at radius 1 is 1.29 bits per heavy atom. The van der Waals surface area contributed by atoms with Gasteiger partial charge in [-0.3, -0.25) is 0 Å². The Bertz CT molecular complexity index is 659. The molecule has 21 heavy (non-hydrogen) atoms. The normalized spacial score (nSPS) is 14.6. The summed E-state index contributed by atoms with van der Waals surface area (Å²) in [5.74, 6) is 0.707. The molecule has 0 radical (unpaired) electrons. The summed E-state index contributed by atoms with van der Waals surface area (Å²) in [5, 5.41) is 3.68. The van der Waals surface area contributed by atoms with E-state index in [0.29, 0.717) is 17.0 Å². The van der Waals surface area contributed by atoms with Crippen LogP contribution in [0.2, 0.25) is 5.02 Å². The van der Waals surface area contributed by atoms with Crippen molar-refractivity contribution in [2.75, 3.05) is 13.7 Å². The van der Waals surface area contributed by atoms with E-state index in [1.807, 2.05) is 19.2 Å². The quantitative estimate of drug-likeness (QED) is 0.924. The third-order valence-corrected chi connectivity index (χ3v) is 4.14. The van der Waals surface area contributed by atoms with E-state index >= 15 is 0 Å². The molecule has 2 aromatic carbocycles.